The highest BCUT2D eigenvalue weighted by molar-refractivity contribution is 14.1. The SMILES string of the molecule is C=CCCc1oc(C(NC(=O)C(Cc2ccc(I)cc2)NC(=O)OC(C)(C)C)C(C)C)nc1C(=O)OC. The van der Waals surface area contributed by atoms with Gasteiger partial charge in [0.2, 0.25) is 11.8 Å². The second-order valence-electron chi connectivity index (χ2n) is 9.90. The van der Waals surface area contributed by atoms with Crippen LogP contribution in [0.1, 0.15) is 74.8 Å². The predicted octanol–water partition coefficient (Wildman–Crippen LogP) is 5.13. The van der Waals surface area contributed by atoms with Gasteiger partial charge in [0.25, 0.3) is 0 Å². The molecule has 0 radical (unpaired) electrons. The Morgan fingerprint density at radius 3 is 2.35 bits per heavy atom. The number of nitrogens with one attached hydrogen (secondary N) is 2. The number of nitrogens with zero attached hydrogens (tertiary/aromatic N) is 1. The fourth-order valence-electron chi connectivity index (χ4n) is 3.44. The number of carbonyl (C=O) groups excluding carboxylic acids is 3. The van der Waals surface area contributed by atoms with Gasteiger partial charge in [-0.1, -0.05) is 32.1 Å². The average Bonchev–Trinajstić information content (AvgIpc) is 3.23. The van der Waals surface area contributed by atoms with Crippen LogP contribution in [0.5, 0.6) is 0 Å². The molecule has 0 aliphatic carbocycles. The number of aryl methyl sites for hydroxylation is 1. The lowest BCUT2D eigenvalue weighted by atomic mass is 10.0. The van der Waals surface area contributed by atoms with E-state index in [0.717, 1.165) is 9.13 Å². The van der Waals surface area contributed by atoms with Crippen molar-refractivity contribution < 1.29 is 28.3 Å². The maximum Gasteiger partial charge on any atom is 0.408 e. The average molecular weight is 626 g/mol. The van der Waals surface area contributed by atoms with Gasteiger partial charge in [-0.05, 0) is 73.4 Å². The number of alkyl carbamates (subject to hydrolysis) is 1. The normalized spacial score (nSPS) is 13.0. The van der Waals surface area contributed by atoms with E-state index in [0.29, 0.717) is 18.6 Å². The number of oxazole rings is 1. The minimum Gasteiger partial charge on any atom is -0.464 e. The first kappa shape index (κ1) is 30.3. The number of hydrogen-bond acceptors (Lipinski definition) is 7. The van der Waals surface area contributed by atoms with Gasteiger partial charge in [0.15, 0.2) is 5.69 Å². The number of aromatic nitrogens is 1. The number of benzene rings is 1. The van der Waals surface area contributed by atoms with Crippen LogP contribution in [0.15, 0.2) is 41.3 Å². The number of carbonyl (C=O) groups is 3. The molecule has 37 heavy (non-hydrogen) atoms. The van der Waals surface area contributed by atoms with Gasteiger partial charge < -0.3 is 24.5 Å². The lowest BCUT2D eigenvalue weighted by Gasteiger charge is -2.26. The summed E-state index contributed by atoms with van der Waals surface area (Å²) in [6, 6.07) is 6.09. The Balaban J connectivity index is 2.34. The van der Waals surface area contributed by atoms with Crippen molar-refractivity contribution in [2.24, 2.45) is 5.92 Å². The molecule has 2 amide bonds. The number of halogens is 1. The number of esters is 1. The zero-order valence-corrected chi connectivity index (χ0v) is 24.4. The highest BCUT2D eigenvalue weighted by Crippen LogP contribution is 2.25. The molecule has 0 spiro atoms. The summed E-state index contributed by atoms with van der Waals surface area (Å²) in [5, 5.41) is 5.64. The molecule has 1 heterocycles. The molecule has 202 valence electrons. The Morgan fingerprint density at radius 1 is 1.16 bits per heavy atom. The highest BCUT2D eigenvalue weighted by Gasteiger charge is 2.32. The van der Waals surface area contributed by atoms with Crippen LogP contribution in [-0.2, 0) is 27.1 Å². The molecule has 2 aromatic rings. The molecule has 0 fully saturated rings. The van der Waals surface area contributed by atoms with Crippen LogP contribution in [0.2, 0.25) is 0 Å². The third-order valence-corrected chi connectivity index (χ3v) is 5.98. The van der Waals surface area contributed by atoms with E-state index < -0.39 is 35.7 Å². The van der Waals surface area contributed by atoms with Gasteiger partial charge >= 0.3 is 12.1 Å². The number of methoxy groups -OCH3 is 1. The standard InChI is InChI=1S/C27H36IN3O6/c1-8-9-10-20-22(25(33)35-7)31-24(36-20)21(16(2)3)30-23(32)19(29-26(34)37-27(4,5)6)15-17-11-13-18(28)14-12-17/h8,11-14,16,19,21H,1,9-10,15H2,2-7H3,(H,29,34)(H,30,32). The molecule has 0 bridgehead atoms. The van der Waals surface area contributed by atoms with E-state index in [2.05, 4.69) is 44.8 Å². The van der Waals surface area contributed by atoms with Gasteiger partial charge in [0.1, 0.15) is 23.4 Å². The zero-order chi connectivity index (χ0) is 27.8. The molecule has 0 saturated heterocycles. The molecule has 0 aliphatic heterocycles. The number of allylic oxidation sites excluding steroid dienone is 1. The number of amides is 2. The zero-order valence-electron chi connectivity index (χ0n) is 22.2. The summed E-state index contributed by atoms with van der Waals surface area (Å²) in [6.07, 6.45) is 2.25. The molecule has 0 aliphatic rings. The van der Waals surface area contributed by atoms with E-state index in [1.54, 1.807) is 26.8 Å². The number of rotatable bonds is 11. The topological polar surface area (TPSA) is 120 Å². The maximum absolute atomic E-state index is 13.5. The predicted molar refractivity (Wildman–Crippen MR) is 148 cm³/mol. The van der Waals surface area contributed by atoms with Crippen molar-refractivity contribution in [1.29, 1.82) is 0 Å². The molecule has 1 aromatic heterocycles. The minimum absolute atomic E-state index is 0.0709. The molecule has 9 nitrogen and oxygen atoms in total. The van der Waals surface area contributed by atoms with Crippen LogP contribution in [0.25, 0.3) is 0 Å². The van der Waals surface area contributed by atoms with Crippen molar-refractivity contribution in [3.05, 3.63) is 63.4 Å². The van der Waals surface area contributed by atoms with E-state index in [-0.39, 0.29) is 23.9 Å². The van der Waals surface area contributed by atoms with E-state index in [4.69, 9.17) is 13.9 Å². The van der Waals surface area contributed by atoms with E-state index >= 15 is 0 Å². The first-order valence-corrected chi connectivity index (χ1v) is 13.2. The summed E-state index contributed by atoms with van der Waals surface area (Å²) in [6.45, 7) is 12.7. The Hall–Kier alpha value is -2.89. The van der Waals surface area contributed by atoms with Gasteiger partial charge in [0.05, 0.1) is 7.11 Å². The summed E-state index contributed by atoms with van der Waals surface area (Å²) in [4.78, 5) is 42.7. The Labute approximate surface area is 231 Å². The van der Waals surface area contributed by atoms with E-state index in [1.807, 2.05) is 38.1 Å². The van der Waals surface area contributed by atoms with E-state index in [1.165, 1.54) is 7.11 Å². The van der Waals surface area contributed by atoms with Crippen LogP contribution in [0.4, 0.5) is 4.79 Å². The largest absolute Gasteiger partial charge is 0.464 e. The monoisotopic (exact) mass is 625 g/mol. The van der Waals surface area contributed by atoms with Crippen LogP contribution in [-0.4, -0.2) is 41.7 Å². The van der Waals surface area contributed by atoms with Crippen molar-refractivity contribution in [2.75, 3.05) is 7.11 Å². The quantitative estimate of drug-likeness (QED) is 0.202. The Bertz CT molecular complexity index is 1090. The lowest BCUT2D eigenvalue weighted by molar-refractivity contribution is -0.124. The molecule has 1 aromatic carbocycles. The molecule has 2 rings (SSSR count). The number of ether oxygens (including phenoxy) is 2. The maximum atomic E-state index is 13.5. The van der Waals surface area contributed by atoms with Crippen LogP contribution in [0, 0.1) is 9.49 Å². The van der Waals surface area contributed by atoms with Gasteiger partial charge in [-0.15, -0.1) is 6.58 Å². The summed E-state index contributed by atoms with van der Waals surface area (Å²) in [5.74, 6) is -0.641. The first-order chi connectivity index (χ1) is 17.3. The van der Waals surface area contributed by atoms with Crippen molar-refractivity contribution in [1.82, 2.24) is 15.6 Å². The Kier molecular flexibility index (Phi) is 11.1. The van der Waals surface area contributed by atoms with Gasteiger partial charge in [-0.2, -0.15) is 0 Å². The lowest BCUT2D eigenvalue weighted by Crippen LogP contribution is -2.50. The second kappa shape index (κ2) is 13.6. The fraction of sp³-hybridized carbons (Fsp3) is 0.481. The fourth-order valence-corrected chi connectivity index (χ4v) is 3.80. The molecule has 0 saturated carbocycles. The molecule has 2 unspecified atom stereocenters. The summed E-state index contributed by atoms with van der Waals surface area (Å²) >= 11 is 2.20. The minimum atomic E-state index is -0.925. The van der Waals surface area contributed by atoms with Crippen LogP contribution < -0.4 is 10.6 Å². The molecular weight excluding hydrogens is 589 g/mol. The smallest absolute Gasteiger partial charge is 0.408 e. The first-order valence-electron chi connectivity index (χ1n) is 12.1. The van der Waals surface area contributed by atoms with Crippen molar-refractivity contribution in [3.63, 3.8) is 0 Å². The van der Waals surface area contributed by atoms with Crippen molar-refractivity contribution >= 4 is 40.6 Å². The molecule has 2 N–H and O–H groups in total. The van der Waals surface area contributed by atoms with Crippen LogP contribution >= 0.6 is 22.6 Å². The third-order valence-electron chi connectivity index (χ3n) is 5.26. The molecule has 10 heteroatoms. The number of hydrogen-bond donors (Lipinski definition) is 2. The van der Waals surface area contributed by atoms with Gasteiger partial charge in [-0.3, -0.25) is 4.79 Å². The highest BCUT2D eigenvalue weighted by atomic mass is 127. The van der Waals surface area contributed by atoms with Crippen molar-refractivity contribution in [2.45, 2.75) is 71.6 Å². The second-order valence-corrected chi connectivity index (χ2v) is 11.1. The van der Waals surface area contributed by atoms with Crippen LogP contribution in [0.3, 0.4) is 0 Å². The molecular formula is C27H36IN3O6. The summed E-state index contributed by atoms with van der Waals surface area (Å²) < 4.78 is 17.2. The summed E-state index contributed by atoms with van der Waals surface area (Å²) in [7, 11) is 1.27. The van der Waals surface area contributed by atoms with Crippen molar-refractivity contribution in [3.8, 4) is 0 Å². The van der Waals surface area contributed by atoms with Gasteiger partial charge in [-0.25, -0.2) is 14.6 Å². The Morgan fingerprint density at radius 2 is 1.81 bits per heavy atom. The third kappa shape index (κ3) is 9.49. The summed E-state index contributed by atoms with van der Waals surface area (Å²) in [5.41, 5.74) is 0.216. The molecule has 2 atom stereocenters. The van der Waals surface area contributed by atoms with E-state index in [9.17, 15) is 14.4 Å². The van der Waals surface area contributed by atoms with Gasteiger partial charge in [0, 0.05) is 16.4 Å².